The van der Waals surface area contributed by atoms with Gasteiger partial charge in [-0.25, -0.2) is 0 Å². The molecule has 2 aromatic carbocycles. The number of Topliss-reactive ketones (excluding diaryl/α,β-unsaturated/α-hetero) is 1. The van der Waals surface area contributed by atoms with Gasteiger partial charge >= 0.3 is 0 Å². The number of carbonyl (C=O) groups excluding carboxylic acids is 1. The van der Waals surface area contributed by atoms with Crippen LogP contribution in [0.4, 0.5) is 5.69 Å². The molecular formula is C22H23N2O5+. The number of quaternary nitrogens is 1. The predicted octanol–water partition coefficient (Wildman–Crippen LogP) is 2.88. The van der Waals surface area contributed by atoms with Crippen molar-refractivity contribution in [2.75, 3.05) is 13.1 Å². The third kappa shape index (κ3) is 4.00. The number of ether oxygens (including phenoxy) is 1. The van der Waals surface area contributed by atoms with Gasteiger partial charge in [0.25, 0.3) is 5.69 Å². The molecule has 29 heavy (non-hydrogen) atoms. The van der Waals surface area contributed by atoms with Crippen LogP contribution >= 0.6 is 0 Å². The molecule has 0 aliphatic carbocycles. The van der Waals surface area contributed by atoms with Crippen molar-refractivity contribution < 1.29 is 24.5 Å². The van der Waals surface area contributed by atoms with E-state index in [4.69, 9.17) is 4.74 Å². The van der Waals surface area contributed by atoms with Gasteiger partial charge in [-0.1, -0.05) is 12.1 Å². The van der Waals surface area contributed by atoms with Gasteiger partial charge in [0, 0.05) is 12.1 Å². The van der Waals surface area contributed by atoms with Gasteiger partial charge in [-0.05, 0) is 49.5 Å². The van der Waals surface area contributed by atoms with E-state index in [0.29, 0.717) is 29.0 Å². The Hall–Kier alpha value is -3.19. The molecule has 0 unspecified atom stereocenters. The summed E-state index contributed by atoms with van der Waals surface area (Å²) < 4.78 is 5.88. The van der Waals surface area contributed by atoms with E-state index in [2.05, 4.69) is 0 Å². The number of ketones is 1. The molecule has 1 saturated heterocycles. The molecule has 2 aromatic rings. The molecule has 1 fully saturated rings. The first-order valence-corrected chi connectivity index (χ1v) is 9.90. The molecule has 0 bridgehead atoms. The molecule has 0 atom stereocenters. The van der Waals surface area contributed by atoms with Crippen molar-refractivity contribution in [1.29, 1.82) is 0 Å². The fraction of sp³-hybridized carbons (Fsp3) is 0.318. The lowest BCUT2D eigenvalue weighted by molar-refractivity contribution is -0.913. The Kier molecular flexibility index (Phi) is 5.31. The summed E-state index contributed by atoms with van der Waals surface area (Å²) >= 11 is 0. The maximum Gasteiger partial charge on any atom is 0.270 e. The number of fused-ring (bicyclic) bond motifs is 1. The lowest BCUT2D eigenvalue weighted by Gasteiger charge is -2.18. The molecule has 0 aromatic heterocycles. The van der Waals surface area contributed by atoms with Crippen LogP contribution in [0.15, 0.2) is 42.2 Å². The molecule has 7 nitrogen and oxygen atoms in total. The molecule has 7 heteroatoms. The predicted molar refractivity (Wildman–Crippen MR) is 107 cm³/mol. The van der Waals surface area contributed by atoms with E-state index in [1.807, 2.05) is 0 Å². The zero-order chi connectivity index (χ0) is 20.4. The SMILES string of the molecule is O=C1/C(=C/c2cccc([N+](=O)[O-])c2)Oc2c1ccc(O)c2C[NH+]1CCCCCC1. The minimum atomic E-state index is -0.478. The number of nitrogens with zero attached hydrogens (tertiary/aromatic N) is 1. The number of phenolic OH excluding ortho intramolecular Hbond substituents is 1. The maximum atomic E-state index is 12.8. The molecule has 0 radical (unpaired) electrons. The fourth-order valence-electron chi connectivity index (χ4n) is 4.00. The summed E-state index contributed by atoms with van der Waals surface area (Å²) in [6, 6.07) is 9.16. The van der Waals surface area contributed by atoms with E-state index in [-0.39, 0.29) is 23.0 Å². The highest BCUT2D eigenvalue weighted by Crippen LogP contribution is 2.39. The quantitative estimate of drug-likeness (QED) is 0.472. The molecule has 2 aliphatic rings. The number of phenols is 1. The van der Waals surface area contributed by atoms with Crippen LogP contribution in [0.5, 0.6) is 11.5 Å². The monoisotopic (exact) mass is 395 g/mol. The van der Waals surface area contributed by atoms with Gasteiger partial charge in [0.1, 0.15) is 12.3 Å². The van der Waals surface area contributed by atoms with Crippen molar-refractivity contribution in [2.24, 2.45) is 0 Å². The van der Waals surface area contributed by atoms with Crippen LogP contribution in [0.3, 0.4) is 0 Å². The van der Waals surface area contributed by atoms with E-state index in [0.717, 1.165) is 25.9 Å². The van der Waals surface area contributed by atoms with Crippen molar-refractivity contribution in [3.63, 3.8) is 0 Å². The zero-order valence-electron chi connectivity index (χ0n) is 16.0. The Labute approximate surface area is 168 Å². The Morgan fingerprint density at radius 1 is 1.14 bits per heavy atom. The summed E-state index contributed by atoms with van der Waals surface area (Å²) in [4.78, 5) is 24.7. The van der Waals surface area contributed by atoms with Gasteiger partial charge in [-0.15, -0.1) is 0 Å². The first-order valence-electron chi connectivity index (χ1n) is 9.90. The highest BCUT2D eigenvalue weighted by molar-refractivity contribution is 6.15. The number of hydrogen-bond donors (Lipinski definition) is 2. The fourth-order valence-corrected chi connectivity index (χ4v) is 4.00. The molecule has 0 spiro atoms. The Morgan fingerprint density at radius 3 is 2.62 bits per heavy atom. The van der Waals surface area contributed by atoms with E-state index in [1.54, 1.807) is 24.3 Å². The number of likely N-dealkylation sites (tertiary alicyclic amines) is 1. The third-order valence-electron chi connectivity index (χ3n) is 5.53. The van der Waals surface area contributed by atoms with Gasteiger partial charge in [0.15, 0.2) is 11.5 Å². The Balaban J connectivity index is 1.64. The standard InChI is InChI=1S/C22H22N2O5/c25-19-9-8-17-21(26)20(13-15-6-5-7-16(12-15)24(27)28)29-22(17)18(19)14-23-10-3-1-2-4-11-23/h5-9,12-13,25H,1-4,10-11,14H2/p+1/b20-13-. The maximum absolute atomic E-state index is 12.8. The summed E-state index contributed by atoms with van der Waals surface area (Å²) in [5, 5.41) is 21.4. The van der Waals surface area contributed by atoms with Crippen molar-refractivity contribution in [1.82, 2.24) is 0 Å². The minimum absolute atomic E-state index is 0.0505. The molecule has 2 N–H and O–H groups in total. The van der Waals surface area contributed by atoms with Gasteiger partial charge in [-0.2, -0.15) is 0 Å². The normalized spacial score (nSPS) is 18.3. The number of rotatable bonds is 4. The number of hydrogen-bond acceptors (Lipinski definition) is 5. The van der Waals surface area contributed by atoms with Gasteiger partial charge in [0.2, 0.25) is 5.78 Å². The summed E-state index contributed by atoms with van der Waals surface area (Å²) in [5.41, 5.74) is 1.53. The van der Waals surface area contributed by atoms with E-state index in [1.165, 1.54) is 36.0 Å². The van der Waals surface area contributed by atoms with Crippen molar-refractivity contribution >= 4 is 17.5 Å². The first-order chi connectivity index (χ1) is 14.0. The Morgan fingerprint density at radius 2 is 1.90 bits per heavy atom. The summed E-state index contributed by atoms with van der Waals surface area (Å²) in [7, 11) is 0. The number of carbonyl (C=O) groups is 1. The van der Waals surface area contributed by atoms with Crippen LogP contribution in [0.25, 0.3) is 6.08 Å². The van der Waals surface area contributed by atoms with E-state index >= 15 is 0 Å². The number of non-ortho nitro benzene ring substituents is 1. The van der Waals surface area contributed by atoms with Gasteiger partial charge in [0.05, 0.1) is 29.1 Å². The van der Waals surface area contributed by atoms with Crippen molar-refractivity contribution in [3.8, 4) is 11.5 Å². The topological polar surface area (TPSA) is 94.1 Å². The largest absolute Gasteiger partial charge is 0.507 e. The van der Waals surface area contributed by atoms with Crippen LogP contribution < -0.4 is 9.64 Å². The number of allylic oxidation sites excluding steroid dienone is 1. The average molecular weight is 395 g/mol. The second-order valence-electron chi connectivity index (χ2n) is 7.57. The lowest BCUT2D eigenvalue weighted by atomic mass is 10.0. The lowest BCUT2D eigenvalue weighted by Crippen LogP contribution is -3.10. The number of nitro benzene ring substituents is 1. The van der Waals surface area contributed by atoms with Crippen LogP contribution in [-0.2, 0) is 6.54 Å². The van der Waals surface area contributed by atoms with E-state index < -0.39 is 4.92 Å². The molecule has 150 valence electrons. The summed E-state index contributed by atoms with van der Waals surface area (Å²) in [5.74, 6) is 0.366. The number of nitrogens with one attached hydrogen (secondary N) is 1. The van der Waals surface area contributed by atoms with Gasteiger partial charge < -0.3 is 14.7 Å². The highest BCUT2D eigenvalue weighted by Gasteiger charge is 2.32. The van der Waals surface area contributed by atoms with E-state index in [9.17, 15) is 20.0 Å². The average Bonchev–Trinajstić information content (AvgIpc) is 2.87. The Bertz CT molecular complexity index is 991. The van der Waals surface area contributed by atoms with Crippen molar-refractivity contribution in [2.45, 2.75) is 32.2 Å². The summed E-state index contributed by atoms with van der Waals surface area (Å²) in [6.07, 6.45) is 6.28. The molecule has 2 aliphatic heterocycles. The zero-order valence-corrected chi connectivity index (χ0v) is 16.0. The number of nitro groups is 1. The second kappa shape index (κ2) is 8.05. The van der Waals surface area contributed by atoms with Crippen molar-refractivity contribution in [3.05, 3.63) is 69.0 Å². The molecular weight excluding hydrogens is 372 g/mol. The van der Waals surface area contributed by atoms with Gasteiger partial charge in [-0.3, -0.25) is 14.9 Å². The molecule has 0 saturated carbocycles. The number of aromatic hydroxyl groups is 1. The van der Waals surface area contributed by atoms with Crippen LogP contribution in [0.1, 0.15) is 47.2 Å². The molecule has 4 rings (SSSR count). The number of benzene rings is 2. The smallest absolute Gasteiger partial charge is 0.270 e. The first kappa shape index (κ1) is 19.1. The van der Waals surface area contributed by atoms with Crippen LogP contribution in [-0.4, -0.2) is 28.9 Å². The summed E-state index contributed by atoms with van der Waals surface area (Å²) in [6.45, 7) is 2.67. The van der Waals surface area contributed by atoms with Crippen LogP contribution in [0.2, 0.25) is 0 Å². The highest BCUT2D eigenvalue weighted by atomic mass is 16.6. The minimum Gasteiger partial charge on any atom is -0.507 e. The third-order valence-corrected chi connectivity index (χ3v) is 5.53. The second-order valence-corrected chi connectivity index (χ2v) is 7.57. The molecule has 0 amide bonds. The van der Waals surface area contributed by atoms with Crippen LogP contribution in [0, 0.1) is 10.1 Å². The molecule has 2 heterocycles.